The Morgan fingerprint density at radius 2 is 2.31 bits per heavy atom. The van der Waals surface area contributed by atoms with E-state index in [2.05, 4.69) is 44.9 Å². The normalized spacial score (nSPS) is 10.2. The van der Waals surface area contributed by atoms with Gasteiger partial charge >= 0.3 is 0 Å². The maximum Gasteiger partial charge on any atom is 0.220 e. The van der Waals surface area contributed by atoms with Gasteiger partial charge in [-0.2, -0.15) is 0 Å². The van der Waals surface area contributed by atoms with E-state index in [-0.39, 0.29) is 0 Å². The lowest BCUT2D eigenvalue weighted by molar-refractivity contribution is 0.505. The second-order valence-corrected chi connectivity index (χ2v) is 3.88. The predicted octanol–water partition coefficient (Wildman–Crippen LogP) is 2.26. The predicted molar refractivity (Wildman–Crippen MR) is 56.3 cm³/mol. The average Bonchev–Trinajstić information content (AvgIpc) is 2.57. The quantitative estimate of drug-likeness (QED) is 0.795. The van der Waals surface area contributed by atoms with Crippen LogP contribution in [-0.4, -0.2) is 10.2 Å². The Morgan fingerprint density at radius 1 is 1.38 bits per heavy atom. The first-order chi connectivity index (χ1) is 6.34. The molecule has 2 rings (SSSR count). The summed E-state index contributed by atoms with van der Waals surface area (Å²) < 4.78 is 6.27. The number of benzene rings is 1. The Kier molecular flexibility index (Phi) is 2.58. The Morgan fingerprint density at radius 3 is 3.00 bits per heavy atom. The fraction of sp³-hybridized carbons (Fsp3) is 0.111. The van der Waals surface area contributed by atoms with E-state index in [1.54, 1.807) is 0 Å². The molecular formula is C9H7IN2O. The number of hydrogen-bond donors (Lipinski definition) is 0. The zero-order chi connectivity index (χ0) is 9.10. The lowest BCUT2D eigenvalue weighted by Gasteiger charge is -1.96. The molecule has 13 heavy (non-hydrogen) atoms. The summed E-state index contributed by atoms with van der Waals surface area (Å²) in [5.74, 6) is 0.655. The van der Waals surface area contributed by atoms with E-state index in [1.165, 1.54) is 15.5 Å². The first-order valence-electron chi connectivity index (χ1n) is 3.84. The van der Waals surface area contributed by atoms with E-state index < -0.39 is 0 Å². The summed E-state index contributed by atoms with van der Waals surface area (Å²) in [4.78, 5) is 0. The van der Waals surface area contributed by atoms with Gasteiger partial charge in [0, 0.05) is 3.57 Å². The highest BCUT2D eigenvalue weighted by Crippen LogP contribution is 2.10. The fourth-order valence-electron chi connectivity index (χ4n) is 1.09. The Bertz CT molecular complexity index is 386. The third-order valence-corrected chi connectivity index (χ3v) is 2.32. The molecule has 1 aromatic carbocycles. The molecule has 0 unspecified atom stereocenters. The van der Waals surface area contributed by atoms with Gasteiger partial charge in [-0.3, -0.25) is 0 Å². The third kappa shape index (κ3) is 2.27. The van der Waals surface area contributed by atoms with E-state index >= 15 is 0 Å². The van der Waals surface area contributed by atoms with Gasteiger partial charge in [-0.25, -0.2) is 0 Å². The van der Waals surface area contributed by atoms with E-state index in [0.29, 0.717) is 12.3 Å². The summed E-state index contributed by atoms with van der Waals surface area (Å²) in [5, 5.41) is 7.44. The van der Waals surface area contributed by atoms with Crippen LogP contribution in [0.25, 0.3) is 0 Å². The van der Waals surface area contributed by atoms with E-state index in [0.717, 1.165) is 0 Å². The van der Waals surface area contributed by atoms with Crippen LogP contribution in [0.15, 0.2) is 35.1 Å². The number of aromatic nitrogens is 2. The van der Waals surface area contributed by atoms with Gasteiger partial charge in [-0.15, -0.1) is 10.2 Å². The Labute approximate surface area is 89.3 Å². The first kappa shape index (κ1) is 8.68. The molecule has 0 aliphatic heterocycles. The lowest BCUT2D eigenvalue weighted by Crippen LogP contribution is -1.88. The van der Waals surface area contributed by atoms with Crippen molar-refractivity contribution in [3.63, 3.8) is 0 Å². The monoisotopic (exact) mass is 286 g/mol. The van der Waals surface area contributed by atoms with Gasteiger partial charge in [-0.05, 0) is 40.3 Å². The van der Waals surface area contributed by atoms with E-state index in [1.807, 2.05) is 12.1 Å². The van der Waals surface area contributed by atoms with Crippen molar-refractivity contribution in [1.82, 2.24) is 10.2 Å². The van der Waals surface area contributed by atoms with Crippen molar-refractivity contribution >= 4 is 22.6 Å². The first-order valence-corrected chi connectivity index (χ1v) is 4.92. The van der Waals surface area contributed by atoms with Crippen LogP contribution in [-0.2, 0) is 6.42 Å². The van der Waals surface area contributed by atoms with Crippen LogP contribution in [0, 0.1) is 3.57 Å². The molecule has 0 amide bonds. The molecule has 0 radical (unpaired) electrons. The summed E-state index contributed by atoms with van der Waals surface area (Å²) in [7, 11) is 0. The molecule has 4 heteroatoms. The minimum absolute atomic E-state index is 0.655. The molecule has 0 N–H and O–H groups in total. The van der Waals surface area contributed by atoms with Gasteiger partial charge in [0.1, 0.15) is 0 Å². The second-order valence-electron chi connectivity index (χ2n) is 2.64. The van der Waals surface area contributed by atoms with Crippen LogP contribution in [0.5, 0.6) is 0 Å². The summed E-state index contributed by atoms with van der Waals surface area (Å²) in [6, 6.07) is 8.22. The molecule has 0 fully saturated rings. The van der Waals surface area contributed by atoms with Crippen LogP contribution in [0.1, 0.15) is 11.5 Å². The summed E-state index contributed by atoms with van der Waals surface area (Å²) in [5.41, 5.74) is 1.19. The van der Waals surface area contributed by atoms with Crippen LogP contribution in [0.4, 0.5) is 0 Å². The van der Waals surface area contributed by atoms with Crippen molar-refractivity contribution in [1.29, 1.82) is 0 Å². The molecule has 2 aromatic rings. The highest BCUT2D eigenvalue weighted by Gasteiger charge is 2.00. The average molecular weight is 286 g/mol. The summed E-state index contributed by atoms with van der Waals surface area (Å²) >= 11 is 2.28. The second kappa shape index (κ2) is 3.87. The maximum absolute atomic E-state index is 5.05. The summed E-state index contributed by atoms with van der Waals surface area (Å²) in [6.07, 6.45) is 2.06. The van der Waals surface area contributed by atoms with Crippen LogP contribution in [0.3, 0.4) is 0 Å². The van der Waals surface area contributed by atoms with Crippen molar-refractivity contribution < 1.29 is 4.42 Å². The van der Waals surface area contributed by atoms with Crippen LogP contribution >= 0.6 is 22.6 Å². The SMILES string of the molecule is Ic1cccc(Cc2nnco2)c1. The van der Waals surface area contributed by atoms with Gasteiger partial charge in [0.2, 0.25) is 12.3 Å². The molecule has 0 saturated heterocycles. The van der Waals surface area contributed by atoms with Crippen LogP contribution < -0.4 is 0 Å². The Hall–Kier alpha value is -0.910. The number of halogens is 1. The van der Waals surface area contributed by atoms with Crippen molar-refractivity contribution in [2.45, 2.75) is 6.42 Å². The highest BCUT2D eigenvalue weighted by atomic mass is 127. The molecule has 3 nitrogen and oxygen atoms in total. The molecule has 0 atom stereocenters. The molecule has 0 aliphatic rings. The van der Waals surface area contributed by atoms with Gasteiger partial charge in [0.25, 0.3) is 0 Å². The standard InChI is InChI=1S/C9H7IN2O/c10-8-3-1-2-7(4-8)5-9-12-11-6-13-9/h1-4,6H,5H2. The maximum atomic E-state index is 5.05. The van der Waals surface area contributed by atoms with Crippen molar-refractivity contribution in [2.24, 2.45) is 0 Å². The van der Waals surface area contributed by atoms with Gasteiger partial charge < -0.3 is 4.42 Å². The molecule has 0 bridgehead atoms. The number of nitrogens with zero attached hydrogens (tertiary/aromatic N) is 2. The minimum Gasteiger partial charge on any atom is -0.428 e. The molecule has 1 aromatic heterocycles. The molecule has 66 valence electrons. The third-order valence-electron chi connectivity index (χ3n) is 1.65. The molecule has 0 saturated carbocycles. The van der Waals surface area contributed by atoms with E-state index in [9.17, 15) is 0 Å². The molecule has 0 aliphatic carbocycles. The molecule has 1 heterocycles. The fourth-order valence-corrected chi connectivity index (χ4v) is 1.70. The highest BCUT2D eigenvalue weighted by molar-refractivity contribution is 14.1. The van der Waals surface area contributed by atoms with Crippen molar-refractivity contribution in [3.05, 3.63) is 45.7 Å². The molecular weight excluding hydrogens is 279 g/mol. The van der Waals surface area contributed by atoms with Crippen molar-refractivity contribution in [3.8, 4) is 0 Å². The smallest absolute Gasteiger partial charge is 0.220 e. The number of rotatable bonds is 2. The lowest BCUT2D eigenvalue weighted by atomic mass is 10.2. The van der Waals surface area contributed by atoms with Crippen molar-refractivity contribution in [2.75, 3.05) is 0 Å². The summed E-state index contributed by atoms with van der Waals surface area (Å²) in [6.45, 7) is 0. The van der Waals surface area contributed by atoms with Gasteiger partial charge in [0.05, 0.1) is 6.42 Å². The molecule has 0 spiro atoms. The van der Waals surface area contributed by atoms with Gasteiger partial charge in [-0.1, -0.05) is 12.1 Å². The van der Waals surface area contributed by atoms with Gasteiger partial charge in [0.15, 0.2) is 0 Å². The number of hydrogen-bond acceptors (Lipinski definition) is 3. The Balaban J connectivity index is 2.19. The zero-order valence-electron chi connectivity index (χ0n) is 6.77. The minimum atomic E-state index is 0.655. The largest absolute Gasteiger partial charge is 0.428 e. The zero-order valence-corrected chi connectivity index (χ0v) is 8.93. The van der Waals surface area contributed by atoms with E-state index in [4.69, 9.17) is 4.42 Å². The topological polar surface area (TPSA) is 38.9 Å². The van der Waals surface area contributed by atoms with Crippen LogP contribution in [0.2, 0.25) is 0 Å².